The predicted octanol–water partition coefficient (Wildman–Crippen LogP) is 4.96. The van der Waals surface area contributed by atoms with Crippen molar-refractivity contribution in [1.29, 1.82) is 0 Å². The highest BCUT2D eigenvalue weighted by atomic mass is 35.5. The number of halogens is 2. The Morgan fingerprint density at radius 2 is 1.58 bits per heavy atom. The van der Waals surface area contributed by atoms with Gasteiger partial charge in [-0.25, -0.2) is 13.8 Å². The number of hydrogen-bond donors (Lipinski definition) is 1. The zero-order valence-corrected chi connectivity index (χ0v) is 21.8. The molecule has 3 aromatic carbocycles. The Morgan fingerprint density at radius 1 is 0.944 bits per heavy atom. The van der Waals surface area contributed by atoms with Crippen molar-refractivity contribution in [2.24, 2.45) is 5.10 Å². The molecule has 1 heterocycles. The molecule has 1 aliphatic rings. The zero-order valence-electron chi connectivity index (χ0n) is 19.5. The second kappa shape index (κ2) is 11.9. The largest absolute Gasteiger partial charge is 0.298 e. The van der Waals surface area contributed by atoms with E-state index in [1.54, 1.807) is 18.2 Å². The van der Waals surface area contributed by atoms with Crippen LogP contribution >= 0.6 is 23.2 Å². The van der Waals surface area contributed by atoms with Crippen LogP contribution in [0.5, 0.6) is 0 Å². The third kappa shape index (κ3) is 6.64. The highest BCUT2D eigenvalue weighted by molar-refractivity contribution is 7.92. The van der Waals surface area contributed by atoms with E-state index in [1.807, 2.05) is 18.2 Å². The third-order valence-corrected chi connectivity index (χ3v) is 8.13. The number of anilines is 1. The summed E-state index contributed by atoms with van der Waals surface area (Å²) in [6.45, 7) is 2.04. The number of hydrazone groups is 1. The average molecular weight is 545 g/mol. The third-order valence-electron chi connectivity index (χ3n) is 5.82. The van der Waals surface area contributed by atoms with Gasteiger partial charge in [0.1, 0.15) is 6.54 Å². The normalized spacial score (nSPS) is 14.3. The molecule has 0 bridgehead atoms. The number of carbonyl (C=O) groups is 1. The molecule has 0 spiro atoms. The van der Waals surface area contributed by atoms with Gasteiger partial charge in [-0.1, -0.05) is 71.7 Å². The minimum absolute atomic E-state index is 0.0425. The maximum Gasteiger partial charge on any atom is 0.264 e. The van der Waals surface area contributed by atoms with Crippen LogP contribution in [-0.2, 0) is 21.4 Å². The Hall–Kier alpha value is -2.91. The van der Waals surface area contributed by atoms with Gasteiger partial charge in [0.15, 0.2) is 0 Å². The van der Waals surface area contributed by atoms with Crippen LogP contribution in [0.15, 0.2) is 88.9 Å². The van der Waals surface area contributed by atoms with E-state index >= 15 is 0 Å². The minimum Gasteiger partial charge on any atom is -0.298 e. The molecule has 36 heavy (non-hydrogen) atoms. The number of carbonyl (C=O) groups excluding carboxylic acids is 1. The number of amides is 1. The number of nitrogens with one attached hydrogen (secondary N) is 1. The summed E-state index contributed by atoms with van der Waals surface area (Å²) < 4.78 is 27.8. The predicted molar refractivity (Wildman–Crippen MR) is 144 cm³/mol. The molecule has 7 nitrogen and oxygen atoms in total. The van der Waals surface area contributed by atoms with Gasteiger partial charge >= 0.3 is 0 Å². The molecular weight excluding hydrogens is 519 g/mol. The summed E-state index contributed by atoms with van der Waals surface area (Å²) in [5, 5.41) is 4.75. The van der Waals surface area contributed by atoms with Crippen LogP contribution in [0.25, 0.3) is 0 Å². The minimum atomic E-state index is -4.07. The fraction of sp³-hybridized carbons (Fsp3) is 0.231. The molecule has 10 heteroatoms. The fourth-order valence-electron chi connectivity index (χ4n) is 3.93. The molecule has 0 atom stereocenters. The number of benzene rings is 3. The van der Waals surface area contributed by atoms with Crippen molar-refractivity contribution >= 4 is 50.5 Å². The van der Waals surface area contributed by atoms with Gasteiger partial charge in [-0.3, -0.25) is 14.0 Å². The van der Waals surface area contributed by atoms with Gasteiger partial charge in [-0.05, 0) is 35.9 Å². The van der Waals surface area contributed by atoms with E-state index in [2.05, 4.69) is 27.6 Å². The van der Waals surface area contributed by atoms with Crippen LogP contribution in [0.3, 0.4) is 0 Å². The average Bonchev–Trinajstić information content (AvgIpc) is 2.88. The maximum atomic E-state index is 13.4. The van der Waals surface area contributed by atoms with E-state index in [9.17, 15) is 13.2 Å². The number of hydrogen-bond acceptors (Lipinski definition) is 5. The van der Waals surface area contributed by atoms with E-state index < -0.39 is 22.5 Å². The van der Waals surface area contributed by atoms with Gasteiger partial charge < -0.3 is 0 Å². The van der Waals surface area contributed by atoms with Crippen molar-refractivity contribution in [3.05, 3.63) is 94.5 Å². The van der Waals surface area contributed by atoms with E-state index in [1.165, 1.54) is 35.9 Å². The summed E-state index contributed by atoms with van der Waals surface area (Å²) in [7, 11) is -4.07. The number of likely N-dealkylation sites (tertiary alicyclic amines) is 1. The van der Waals surface area contributed by atoms with Crippen LogP contribution < -0.4 is 9.73 Å². The molecular formula is C26H26Cl2N4O3S. The van der Waals surface area contributed by atoms with Gasteiger partial charge in [0.05, 0.1) is 15.6 Å². The molecule has 0 aromatic heterocycles. The smallest absolute Gasteiger partial charge is 0.264 e. The van der Waals surface area contributed by atoms with Crippen LogP contribution in [0.1, 0.15) is 18.4 Å². The summed E-state index contributed by atoms with van der Waals surface area (Å²) in [6.07, 6.45) is 1.45. The van der Waals surface area contributed by atoms with E-state index in [4.69, 9.17) is 23.2 Å². The maximum absolute atomic E-state index is 13.4. The molecule has 3 aromatic rings. The first-order valence-corrected chi connectivity index (χ1v) is 13.7. The standard InChI is InChI=1S/C26H26Cl2N4O3S/c27-21-11-12-25(24(28)17-21)32(36(34,35)23-9-5-2-6-10-23)19-26(33)30-29-22-13-15-31(16-14-22)18-20-7-3-1-4-8-20/h1-12,17H,13-16,18-19H2,(H,30,33). The van der Waals surface area contributed by atoms with Crippen LogP contribution in [-0.4, -0.2) is 44.6 Å². The lowest BCUT2D eigenvalue weighted by Crippen LogP contribution is -2.40. The van der Waals surface area contributed by atoms with E-state index in [0.29, 0.717) is 5.02 Å². The summed E-state index contributed by atoms with van der Waals surface area (Å²) in [5.74, 6) is -0.570. The lowest BCUT2D eigenvalue weighted by Gasteiger charge is -2.27. The Balaban J connectivity index is 1.43. The summed E-state index contributed by atoms with van der Waals surface area (Å²) in [4.78, 5) is 15.2. The summed E-state index contributed by atoms with van der Waals surface area (Å²) in [6, 6.07) is 22.6. The number of rotatable bonds is 8. The molecule has 1 fully saturated rings. The Kier molecular flexibility index (Phi) is 8.64. The van der Waals surface area contributed by atoms with Crippen LogP contribution in [0.2, 0.25) is 10.0 Å². The van der Waals surface area contributed by atoms with Crippen LogP contribution in [0.4, 0.5) is 5.69 Å². The highest BCUT2D eigenvalue weighted by Crippen LogP contribution is 2.32. The van der Waals surface area contributed by atoms with Crippen molar-refractivity contribution in [2.75, 3.05) is 23.9 Å². The first-order chi connectivity index (χ1) is 17.3. The number of nitrogens with zero attached hydrogens (tertiary/aromatic N) is 3. The molecule has 188 valence electrons. The number of sulfonamides is 1. The molecule has 1 saturated heterocycles. The Bertz CT molecular complexity index is 1330. The highest BCUT2D eigenvalue weighted by Gasteiger charge is 2.29. The molecule has 4 rings (SSSR count). The van der Waals surface area contributed by atoms with Gasteiger partial charge in [-0.15, -0.1) is 0 Å². The zero-order chi connectivity index (χ0) is 25.5. The first kappa shape index (κ1) is 26.2. The van der Waals surface area contributed by atoms with Gasteiger partial charge in [0.2, 0.25) is 0 Å². The quantitative estimate of drug-likeness (QED) is 0.406. The number of piperidine rings is 1. The van der Waals surface area contributed by atoms with Crippen molar-refractivity contribution in [2.45, 2.75) is 24.3 Å². The first-order valence-electron chi connectivity index (χ1n) is 11.5. The van der Waals surface area contributed by atoms with Gasteiger partial charge in [0.25, 0.3) is 15.9 Å². The monoisotopic (exact) mass is 544 g/mol. The van der Waals surface area contributed by atoms with Crippen molar-refractivity contribution in [1.82, 2.24) is 10.3 Å². The molecule has 1 N–H and O–H groups in total. The summed E-state index contributed by atoms with van der Waals surface area (Å²) in [5.41, 5.74) is 4.81. The van der Waals surface area contributed by atoms with Gasteiger partial charge in [-0.2, -0.15) is 5.10 Å². The fourth-order valence-corrected chi connectivity index (χ4v) is 5.95. The lowest BCUT2D eigenvalue weighted by molar-refractivity contribution is -0.119. The molecule has 0 radical (unpaired) electrons. The second-order valence-electron chi connectivity index (χ2n) is 8.40. The Labute approximate surface area is 221 Å². The summed E-state index contributed by atoms with van der Waals surface area (Å²) >= 11 is 12.3. The molecule has 0 unspecified atom stereocenters. The topological polar surface area (TPSA) is 82.1 Å². The molecule has 0 aliphatic carbocycles. The Morgan fingerprint density at radius 3 is 2.22 bits per heavy atom. The van der Waals surface area contributed by atoms with Gasteiger partial charge in [0, 0.05) is 43.2 Å². The van der Waals surface area contributed by atoms with E-state index in [0.717, 1.165) is 42.5 Å². The molecule has 1 aliphatic heterocycles. The lowest BCUT2D eigenvalue weighted by atomic mass is 10.1. The van der Waals surface area contributed by atoms with Crippen molar-refractivity contribution < 1.29 is 13.2 Å². The van der Waals surface area contributed by atoms with Crippen LogP contribution in [0, 0.1) is 0 Å². The SMILES string of the molecule is O=C(CN(c1ccc(Cl)cc1Cl)S(=O)(=O)c1ccccc1)NN=C1CCN(Cc2ccccc2)CC1. The van der Waals surface area contributed by atoms with Crippen molar-refractivity contribution in [3.8, 4) is 0 Å². The van der Waals surface area contributed by atoms with E-state index in [-0.39, 0.29) is 15.6 Å². The molecule has 1 amide bonds. The van der Waals surface area contributed by atoms with Crippen molar-refractivity contribution in [3.63, 3.8) is 0 Å². The molecule has 0 saturated carbocycles. The second-order valence-corrected chi connectivity index (χ2v) is 11.1.